The maximum atomic E-state index is 12.8. The van der Waals surface area contributed by atoms with E-state index in [2.05, 4.69) is 0 Å². The third-order valence-electron chi connectivity index (χ3n) is 3.45. The smallest absolute Gasteiger partial charge is 0.397 e. The van der Waals surface area contributed by atoms with Gasteiger partial charge in [-0.1, -0.05) is 12.1 Å². The van der Waals surface area contributed by atoms with E-state index in [1.807, 2.05) is 0 Å². The van der Waals surface area contributed by atoms with Crippen molar-refractivity contribution in [3.8, 4) is 11.5 Å². The molecule has 0 amide bonds. The summed E-state index contributed by atoms with van der Waals surface area (Å²) in [4.78, 5) is 0. The van der Waals surface area contributed by atoms with Crippen LogP contribution in [-0.4, -0.2) is 19.9 Å². The summed E-state index contributed by atoms with van der Waals surface area (Å²) in [5.41, 5.74) is 4.50. The Morgan fingerprint density at radius 2 is 2.00 bits per heavy atom. The van der Waals surface area contributed by atoms with E-state index in [9.17, 15) is 13.2 Å². The van der Waals surface area contributed by atoms with Crippen LogP contribution in [0.25, 0.3) is 0 Å². The zero-order valence-electron chi connectivity index (χ0n) is 10.6. The highest BCUT2D eigenvalue weighted by Crippen LogP contribution is 2.57. The Morgan fingerprint density at radius 3 is 2.47 bits per heavy atom. The maximum Gasteiger partial charge on any atom is 0.397 e. The second kappa shape index (κ2) is 4.92. The number of rotatable bonds is 5. The lowest BCUT2D eigenvalue weighted by Gasteiger charge is -2.21. The second-order valence-electron chi connectivity index (χ2n) is 4.72. The van der Waals surface area contributed by atoms with E-state index < -0.39 is 11.6 Å². The van der Waals surface area contributed by atoms with E-state index in [1.165, 1.54) is 7.11 Å². The van der Waals surface area contributed by atoms with Gasteiger partial charge in [-0.05, 0) is 18.9 Å². The minimum Gasteiger partial charge on any atom is -0.493 e. The van der Waals surface area contributed by atoms with Crippen LogP contribution in [0.2, 0.25) is 0 Å². The molecule has 106 valence electrons. The minimum absolute atomic E-state index is 0.115. The van der Waals surface area contributed by atoms with Gasteiger partial charge in [0.2, 0.25) is 0 Å². The Balaban J connectivity index is 2.16. The van der Waals surface area contributed by atoms with Crippen molar-refractivity contribution in [3.63, 3.8) is 0 Å². The van der Waals surface area contributed by atoms with Gasteiger partial charge in [-0.2, -0.15) is 13.2 Å². The number of para-hydroxylation sites is 1. The molecule has 2 rings (SSSR count). The van der Waals surface area contributed by atoms with Crippen molar-refractivity contribution < 1.29 is 22.6 Å². The average Bonchev–Trinajstić information content (AvgIpc) is 3.16. The molecule has 1 aliphatic rings. The first kappa shape index (κ1) is 14.0. The van der Waals surface area contributed by atoms with Crippen molar-refractivity contribution in [1.29, 1.82) is 0 Å². The van der Waals surface area contributed by atoms with Crippen LogP contribution in [0.4, 0.5) is 13.2 Å². The van der Waals surface area contributed by atoms with E-state index in [-0.39, 0.29) is 26.0 Å². The monoisotopic (exact) mass is 275 g/mol. The van der Waals surface area contributed by atoms with Crippen LogP contribution in [0.1, 0.15) is 18.4 Å². The van der Waals surface area contributed by atoms with Crippen molar-refractivity contribution >= 4 is 0 Å². The maximum absolute atomic E-state index is 12.8. The Bertz CT molecular complexity index is 433. The average molecular weight is 275 g/mol. The zero-order valence-corrected chi connectivity index (χ0v) is 10.6. The van der Waals surface area contributed by atoms with Crippen LogP contribution in [-0.2, 0) is 6.54 Å². The Labute approximate surface area is 109 Å². The molecular weight excluding hydrogens is 259 g/mol. The van der Waals surface area contributed by atoms with Gasteiger partial charge >= 0.3 is 6.18 Å². The molecule has 1 fully saturated rings. The summed E-state index contributed by atoms with van der Waals surface area (Å²) in [6.45, 7) is -0.199. The van der Waals surface area contributed by atoms with Gasteiger partial charge in [0.15, 0.2) is 11.5 Å². The van der Waals surface area contributed by atoms with Crippen molar-refractivity contribution in [2.45, 2.75) is 25.6 Å². The number of methoxy groups -OCH3 is 1. The molecule has 0 spiro atoms. The second-order valence-corrected chi connectivity index (χ2v) is 4.72. The fourth-order valence-electron chi connectivity index (χ4n) is 1.92. The molecule has 0 aromatic heterocycles. The molecule has 0 heterocycles. The number of halogens is 3. The van der Waals surface area contributed by atoms with Crippen molar-refractivity contribution in [3.05, 3.63) is 23.8 Å². The number of hydrogen-bond acceptors (Lipinski definition) is 3. The van der Waals surface area contributed by atoms with Crippen LogP contribution >= 0.6 is 0 Å². The van der Waals surface area contributed by atoms with Gasteiger partial charge in [-0.15, -0.1) is 0 Å². The summed E-state index contributed by atoms with van der Waals surface area (Å²) in [5.74, 6) is 0.712. The van der Waals surface area contributed by atoms with Gasteiger partial charge in [-0.3, -0.25) is 0 Å². The van der Waals surface area contributed by atoms with Crippen molar-refractivity contribution in [1.82, 2.24) is 0 Å². The van der Waals surface area contributed by atoms with Gasteiger partial charge in [0.1, 0.15) is 12.0 Å². The molecule has 19 heavy (non-hydrogen) atoms. The Hall–Kier alpha value is -1.43. The number of ether oxygens (including phenoxy) is 2. The molecule has 2 N–H and O–H groups in total. The van der Waals surface area contributed by atoms with E-state index in [1.54, 1.807) is 18.2 Å². The normalized spacial score (nSPS) is 17.1. The number of benzene rings is 1. The van der Waals surface area contributed by atoms with Crippen LogP contribution < -0.4 is 15.2 Å². The molecule has 1 aliphatic carbocycles. The van der Waals surface area contributed by atoms with E-state index in [0.717, 1.165) is 0 Å². The lowest BCUT2D eigenvalue weighted by molar-refractivity contribution is -0.194. The summed E-state index contributed by atoms with van der Waals surface area (Å²) in [7, 11) is 1.44. The lowest BCUT2D eigenvalue weighted by Crippen LogP contribution is -2.30. The molecule has 0 radical (unpaired) electrons. The summed E-state index contributed by atoms with van der Waals surface area (Å²) in [5, 5.41) is 0. The highest BCUT2D eigenvalue weighted by Gasteiger charge is 2.64. The molecule has 0 aliphatic heterocycles. The Morgan fingerprint density at radius 1 is 1.32 bits per heavy atom. The zero-order chi connectivity index (χ0) is 14.1. The largest absolute Gasteiger partial charge is 0.493 e. The number of alkyl halides is 3. The number of hydrogen-bond donors (Lipinski definition) is 1. The van der Waals surface area contributed by atoms with E-state index >= 15 is 0 Å². The fourth-order valence-corrected chi connectivity index (χ4v) is 1.92. The van der Waals surface area contributed by atoms with E-state index in [4.69, 9.17) is 15.2 Å². The van der Waals surface area contributed by atoms with E-state index in [0.29, 0.717) is 17.1 Å². The molecule has 1 saturated carbocycles. The first-order valence-electron chi connectivity index (χ1n) is 5.99. The standard InChI is InChI=1S/C13H16F3NO2/c1-18-10-4-2-3-9(7-17)11(10)19-8-12(5-6-12)13(14,15)16/h2-4H,5-8,17H2,1H3. The lowest BCUT2D eigenvalue weighted by atomic mass is 10.1. The van der Waals surface area contributed by atoms with Gasteiger partial charge in [-0.25, -0.2) is 0 Å². The van der Waals surface area contributed by atoms with Gasteiger partial charge in [0.05, 0.1) is 7.11 Å². The third kappa shape index (κ3) is 2.63. The van der Waals surface area contributed by atoms with Crippen LogP contribution in [0.15, 0.2) is 18.2 Å². The molecule has 0 bridgehead atoms. The molecule has 1 aromatic rings. The summed E-state index contributed by atoms with van der Waals surface area (Å²) in [6, 6.07) is 5.08. The highest BCUT2D eigenvalue weighted by atomic mass is 19.4. The number of nitrogens with two attached hydrogens (primary N) is 1. The quantitative estimate of drug-likeness (QED) is 0.898. The first-order chi connectivity index (χ1) is 8.93. The third-order valence-corrected chi connectivity index (χ3v) is 3.45. The van der Waals surface area contributed by atoms with Crippen LogP contribution in [0.3, 0.4) is 0 Å². The summed E-state index contributed by atoms with van der Waals surface area (Å²) in [6.07, 6.45) is -3.99. The van der Waals surface area contributed by atoms with Crippen molar-refractivity contribution in [2.24, 2.45) is 11.1 Å². The molecule has 0 saturated heterocycles. The van der Waals surface area contributed by atoms with Gasteiger partial charge in [0.25, 0.3) is 0 Å². The first-order valence-corrected chi connectivity index (χ1v) is 5.99. The van der Waals surface area contributed by atoms with Crippen molar-refractivity contribution in [2.75, 3.05) is 13.7 Å². The highest BCUT2D eigenvalue weighted by molar-refractivity contribution is 5.46. The predicted molar refractivity (Wildman–Crippen MR) is 64.1 cm³/mol. The van der Waals surface area contributed by atoms with Gasteiger partial charge < -0.3 is 15.2 Å². The molecular formula is C13H16F3NO2. The predicted octanol–water partition coefficient (Wildman–Crippen LogP) is 2.88. The van der Waals surface area contributed by atoms with Crippen LogP contribution in [0, 0.1) is 5.41 Å². The molecule has 0 unspecified atom stereocenters. The fraction of sp³-hybridized carbons (Fsp3) is 0.538. The van der Waals surface area contributed by atoms with Crippen LogP contribution in [0.5, 0.6) is 11.5 Å². The molecule has 3 nitrogen and oxygen atoms in total. The minimum atomic E-state index is -4.22. The molecule has 1 aromatic carbocycles. The SMILES string of the molecule is COc1cccc(CN)c1OCC1(C(F)(F)F)CC1. The summed E-state index contributed by atoms with van der Waals surface area (Å²) >= 11 is 0. The topological polar surface area (TPSA) is 44.5 Å². The van der Waals surface area contributed by atoms with Gasteiger partial charge in [0, 0.05) is 12.1 Å². The molecule has 6 heteroatoms. The Kier molecular flexibility index (Phi) is 3.62. The summed E-state index contributed by atoms with van der Waals surface area (Å²) < 4.78 is 49.0. The molecule has 0 atom stereocenters.